The zero-order valence-corrected chi connectivity index (χ0v) is 14.7. The molecule has 0 spiro atoms. The van der Waals surface area contributed by atoms with E-state index in [1.165, 1.54) is 25.7 Å². The molecule has 0 amide bonds. The number of hydrogen-bond donors (Lipinski definition) is 1. The van der Waals surface area contributed by atoms with Crippen LogP contribution in [0, 0.1) is 12.8 Å². The fraction of sp³-hybridized carbons (Fsp3) is 0.867. The number of nitrogens with one attached hydrogen (secondary N) is 1. The van der Waals surface area contributed by atoms with Gasteiger partial charge in [-0.3, -0.25) is 10.00 Å². The van der Waals surface area contributed by atoms with Gasteiger partial charge in [-0.15, -0.1) is 0 Å². The molecule has 1 saturated heterocycles. The molecule has 0 bridgehead atoms. The number of hydrogen-bond acceptors (Lipinski definition) is 5. The minimum atomic E-state index is -3.09. The molecule has 130 valence electrons. The zero-order chi connectivity index (χ0) is 16.3. The average molecular weight is 341 g/mol. The van der Waals surface area contributed by atoms with Gasteiger partial charge >= 0.3 is 0 Å². The molecule has 1 saturated carbocycles. The number of aromatic amines is 1. The minimum absolute atomic E-state index is 0.317. The summed E-state index contributed by atoms with van der Waals surface area (Å²) in [6, 6.07) is 0. The molecule has 2 fully saturated rings. The number of sulfonamides is 1. The van der Waals surface area contributed by atoms with Gasteiger partial charge in [-0.05, 0) is 19.3 Å². The molecule has 2 aliphatic rings. The molecule has 1 aliphatic heterocycles. The van der Waals surface area contributed by atoms with Gasteiger partial charge < -0.3 is 0 Å². The molecule has 1 N–H and O–H groups in total. The molecule has 0 aromatic carbocycles. The number of nitrogens with zero attached hydrogens (tertiary/aromatic N) is 4. The largest absolute Gasteiger partial charge is 0.293 e. The van der Waals surface area contributed by atoms with Gasteiger partial charge in [-0.2, -0.15) is 9.40 Å². The zero-order valence-electron chi connectivity index (χ0n) is 13.9. The van der Waals surface area contributed by atoms with Crippen molar-refractivity contribution in [2.45, 2.75) is 45.6 Å². The Balaban J connectivity index is 1.45. The van der Waals surface area contributed by atoms with Crippen LogP contribution in [0.25, 0.3) is 0 Å². The fourth-order valence-corrected chi connectivity index (χ4v) is 5.18. The molecule has 2 heterocycles. The molecule has 1 aromatic heterocycles. The first-order valence-electron chi connectivity index (χ1n) is 8.61. The molecule has 0 unspecified atom stereocenters. The van der Waals surface area contributed by atoms with Crippen LogP contribution in [-0.4, -0.2) is 64.7 Å². The van der Waals surface area contributed by atoms with Crippen LogP contribution in [0.5, 0.6) is 0 Å². The maximum absolute atomic E-state index is 12.5. The highest BCUT2D eigenvalue weighted by atomic mass is 32.2. The molecule has 8 heteroatoms. The summed E-state index contributed by atoms with van der Waals surface area (Å²) >= 11 is 0. The van der Waals surface area contributed by atoms with Crippen LogP contribution in [-0.2, 0) is 16.6 Å². The smallest absolute Gasteiger partial charge is 0.214 e. The van der Waals surface area contributed by atoms with Gasteiger partial charge in [0.1, 0.15) is 5.82 Å². The van der Waals surface area contributed by atoms with Gasteiger partial charge in [-0.25, -0.2) is 13.4 Å². The van der Waals surface area contributed by atoms with Gasteiger partial charge in [0.2, 0.25) is 10.0 Å². The quantitative estimate of drug-likeness (QED) is 0.839. The Morgan fingerprint density at radius 2 is 1.87 bits per heavy atom. The molecular weight excluding hydrogens is 314 g/mol. The molecule has 1 aliphatic carbocycles. The summed E-state index contributed by atoms with van der Waals surface area (Å²) in [5, 5.41) is 6.98. The first kappa shape index (κ1) is 16.9. The van der Waals surface area contributed by atoms with Crippen molar-refractivity contribution in [1.29, 1.82) is 0 Å². The molecule has 0 radical (unpaired) electrons. The average Bonchev–Trinajstić information content (AvgIpc) is 3.18. The highest BCUT2D eigenvalue weighted by Gasteiger charge is 2.28. The number of aromatic nitrogens is 3. The van der Waals surface area contributed by atoms with Gasteiger partial charge in [0.25, 0.3) is 0 Å². The number of H-pyrrole nitrogens is 1. The lowest BCUT2D eigenvalue weighted by Gasteiger charge is -2.33. The molecule has 1 aromatic rings. The summed E-state index contributed by atoms with van der Waals surface area (Å²) in [6.07, 6.45) is 5.78. The predicted molar refractivity (Wildman–Crippen MR) is 88.3 cm³/mol. The van der Waals surface area contributed by atoms with Crippen molar-refractivity contribution >= 4 is 10.0 Å². The first-order valence-corrected chi connectivity index (χ1v) is 10.2. The van der Waals surface area contributed by atoms with E-state index in [-0.39, 0.29) is 0 Å². The third kappa shape index (κ3) is 4.51. The topological polar surface area (TPSA) is 82.2 Å². The first-order chi connectivity index (χ1) is 11.0. The monoisotopic (exact) mass is 341 g/mol. The Morgan fingerprint density at radius 1 is 1.17 bits per heavy atom. The van der Waals surface area contributed by atoms with Crippen molar-refractivity contribution < 1.29 is 8.42 Å². The van der Waals surface area contributed by atoms with Crippen molar-refractivity contribution in [3.05, 3.63) is 11.6 Å². The molecular formula is C15H27N5O2S. The van der Waals surface area contributed by atoms with Crippen LogP contribution in [0.15, 0.2) is 0 Å². The van der Waals surface area contributed by atoms with Crippen LogP contribution in [0.4, 0.5) is 0 Å². The molecule has 7 nitrogen and oxygen atoms in total. The third-order valence-electron chi connectivity index (χ3n) is 4.99. The molecule has 23 heavy (non-hydrogen) atoms. The summed E-state index contributed by atoms with van der Waals surface area (Å²) in [7, 11) is -3.09. The van der Waals surface area contributed by atoms with Gasteiger partial charge in [-0.1, -0.05) is 25.7 Å². The lowest BCUT2D eigenvalue weighted by molar-refractivity contribution is 0.178. The Bertz CT molecular complexity index is 601. The van der Waals surface area contributed by atoms with E-state index in [0.717, 1.165) is 31.2 Å². The van der Waals surface area contributed by atoms with E-state index < -0.39 is 10.0 Å². The maximum Gasteiger partial charge on any atom is 0.214 e. The summed E-state index contributed by atoms with van der Waals surface area (Å²) in [4.78, 5) is 6.52. The van der Waals surface area contributed by atoms with E-state index in [0.29, 0.717) is 31.3 Å². The maximum atomic E-state index is 12.5. The van der Waals surface area contributed by atoms with Crippen LogP contribution >= 0.6 is 0 Å². The van der Waals surface area contributed by atoms with Crippen molar-refractivity contribution in [3.63, 3.8) is 0 Å². The van der Waals surface area contributed by atoms with E-state index in [9.17, 15) is 8.42 Å². The molecule has 0 atom stereocenters. The van der Waals surface area contributed by atoms with Gasteiger partial charge in [0.05, 0.1) is 12.3 Å². The fourth-order valence-electron chi connectivity index (χ4n) is 3.57. The second kappa shape index (κ2) is 7.27. The van der Waals surface area contributed by atoms with Gasteiger partial charge in [0, 0.05) is 26.2 Å². The summed E-state index contributed by atoms with van der Waals surface area (Å²) in [5.41, 5.74) is 0. The van der Waals surface area contributed by atoms with E-state index in [2.05, 4.69) is 20.1 Å². The summed E-state index contributed by atoms with van der Waals surface area (Å²) in [5.74, 6) is 2.53. The second-order valence-electron chi connectivity index (χ2n) is 6.77. The number of rotatable bonds is 6. The Labute approximate surface area is 138 Å². The van der Waals surface area contributed by atoms with Gasteiger partial charge in [0.15, 0.2) is 5.82 Å². The van der Waals surface area contributed by atoms with Crippen molar-refractivity contribution in [3.8, 4) is 0 Å². The Kier molecular flexibility index (Phi) is 5.33. The van der Waals surface area contributed by atoms with E-state index >= 15 is 0 Å². The molecule has 3 rings (SSSR count). The van der Waals surface area contributed by atoms with Crippen molar-refractivity contribution in [1.82, 2.24) is 24.4 Å². The van der Waals surface area contributed by atoms with Crippen LogP contribution < -0.4 is 0 Å². The SMILES string of the molecule is Cc1nc(CN2CCN(S(=O)(=O)CCC3CCCC3)CC2)n[nH]1. The van der Waals surface area contributed by atoms with Crippen LogP contribution in [0.2, 0.25) is 0 Å². The Hall–Kier alpha value is -0.990. The van der Waals surface area contributed by atoms with E-state index in [1.54, 1.807) is 4.31 Å². The number of aryl methyl sites for hydroxylation is 1. The van der Waals surface area contributed by atoms with Crippen molar-refractivity contribution in [2.24, 2.45) is 5.92 Å². The van der Waals surface area contributed by atoms with E-state index in [4.69, 9.17) is 0 Å². The van der Waals surface area contributed by atoms with Crippen molar-refractivity contribution in [2.75, 3.05) is 31.9 Å². The lowest BCUT2D eigenvalue weighted by atomic mass is 10.1. The van der Waals surface area contributed by atoms with Crippen LogP contribution in [0.3, 0.4) is 0 Å². The summed E-state index contributed by atoms with van der Waals surface area (Å²) < 4.78 is 26.6. The highest BCUT2D eigenvalue weighted by Crippen LogP contribution is 2.28. The highest BCUT2D eigenvalue weighted by molar-refractivity contribution is 7.89. The standard InChI is InChI=1S/C15H27N5O2S/c1-13-16-15(18-17-13)12-19-7-9-20(10-8-19)23(21,22)11-6-14-4-2-3-5-14/h14H,2-12H2,1H3,(H,16,17,18). The normalized spacial score (nSPS) is 22.0. The Morgan fingerprint density at radius 3 is 2.48 bits per heavy atom. The third-order valence-corrected chi connectivity index (χ3v) is 6.90. The predicted octanol–water partition coefficient (Wildman–Crippen LogP) is 1.14. The minimum Gasteiger partial charge on any atom is -0.293 e. The second-order valence-corrected chi connectivity index (χ2v) is 8.86. The lowest BCUT2D eigenvalue weighted by Crippen LogP contribution is -2.49. The van der Waals surface area contributed by atoms with E-state index in [1.807, 2.05) is 6.92 Å². The number of piperazine rings is 1. The summed E-state index contributed by atoms with van der Waals surface area (Å²) in [6.45, 7) is 5.21. The van der Waals surface area contributed by atoms with Crippen LogP contribution in [0.1, 0.15) is 43.8 Å².